The molecule has 1 saturated heterocycles. The molecule has 6 nitrogen and oxygen atoms in total. The van der Waals surface area contributed by atoms with Gasteiger partial charge in [-0.05, 0) is 44.0 Å². The second kappa shape index (κ2) is 7.84. The van der Waals surface area contributed by atoms with Gasteiger partial charge in [-0.25, -0.2) is 4.98 Å². The molecule has 144 valence electrons. The van der Waals surface area contributed by atoms with Crippen molar-refractivity contribution < 1.29 is 14.0 Å². The van der Waals surface area contributed by atoms with Crippen molar-refractivity contribution in [2.24, 2.45) is 0 Å². The number of rotatable bonds is 6. The molecule has 0 atom stereocenters. The molecule has 4 rings (SSSR count). The van der Waals surface area contributed by atoms with E-state index in [4.69, 9.17) is 4.42 Å². The number of hydrogen-bond donors (Lipinski definition) is 1. The van der Waals surface area contributed by atoms with Gasteiger partial charge >= 0.3 is 0 Å². The summed E-state index contributed by atoms with van der Waals surface area (Å²) < 4.78 is 5.69. The van der Waals surface area contributed by atoms with Crippen LogP contribution in [0.5, 0.6) is 0 Å². The summed E-state index contributed by atoms with van der Waals surface area (Å²) in [4.78, 5) is 31.0. The van der Waals surface area contributed by atoms with Crippen LogP contribution in [0.15, 0.2) is 46.9 Å². The van der Waals surface area contributed by atoms with Crippen LogP contribution in [-0.4, -0.2) is 41.3 Å². The maximum atomic E-state index is 12.9. The summed E-state index contributed by atoms with van der Waals surface area (Å²) in [6, 6.07) is 13.1. The van der Waals surface area contributed by atoms with Gasteiger partial charge in [0.1, 0.15) is 11.5 Å². The molecule has 2 amide bonds. The molecule has 0 radical (unpaired) electrons. The van der Waals surface area contributed by atoms with E-state index in [1.54, 1.807) is 6.07 Å². The van der Waals surface area contributed by atoms with Gasteiger partial charge in [-0.15, -0.1) is 0 Å². The van der Waals surface area contributed by atoms with Gasteiger partial charge in [0, 0.05) is 31.4 Å². The lowest BCUT2D eigenvalue weighted by molar-refractivity contribution is -0.127. The van der Waals surface area contributed by atoms with Crippen LogP contribution in [0, 0.1) is 6.92 Å². The van der Waals surface area contributed by atoms with Crippen molar-refractivity contribution in [3.63, 3.8) is 0 Å². The van der Waals surface area contributed by atoms with Crippen LogP contribution in [0.2, 0.25) is 0 Å². The Hall–Kier alpha value is -3.15. The zero-order chi connectivity index (χ0) is 19.5. The highest BCUT2D eigenvalue weighted by Gasteiger charge is 2.19. The van der Waals surface area contributed by atoms with E-state index >= 15 is 0 Å². The van der Waals surface area contributed by atoms with E-state index in [2.05, 4.69) is 10.3 Å². The molecule has 1 fully saturated rings. The lowest BCUT2D eigenvalue weighted by Gasteiger charge is -2.15. The van der Waals surface area contributed by atoms with Crippen molar-refractivity contribution in [3.8, 4) is 11.5 Å². The number of likely N-dealkylation sites (tertiary alicyclic amines) is 1. The van der Waals surface area contributed by atoms with Crippen LogP contribution in [-0.2, 0) is 4.79 Å². The third-order valence-electron chi connectivity index (χ3n) is 5.02. The van der Waals surface area contributed by atoms with Gasteiger partial charge in [-0.2, -0.15) is 0 Å². The quantitative estimate of drug-likeness (QED) is 0.667. The Labute approximate surface area is 163 Å². The molecule has 2 aromatic heterocycles. The fourth-order valence-electron chi connectivity index (χ4n) is 3.57. The van der Waals surface area contributed by atoms with Crippen LogP contribution in [0.25, 0.3) is 22.4 Å². The van der Waals surface area contributed by atoms with Crippen LogP contribution >= 0.6 is 0 Å². The highest BCUT2D eigenvalue weighted by atomic mass is 16.3. The first-order valence-corrected chi connectivity index (χ1v) is 9.64. The third kappa shape index (κ3) is 3.76. The topological polar surface area (TPSA) is 75.4 Å². The first-order chi connectivity index (χ1) is 13.6. The number of carbonyl (C=O) groups is 2. The van der Waals surface area contributed by atoms with Crippen LogP contribution < -0.4 is 5.32 Å². The number of para-hydroxylation sites is 1. The first-order valence-electron chi connectivity index (χ1n) is 9.64. The van der Waals surface area contributed by atoms with E-state index in [0.717, 1.165) is 36.0 Å². The summed E-state index contributed by atoms with van der Waals surface area (Å²) in [7, 11) is 0. The summed E-state index contributed by atoms with van der Waals surface area (Å²) in [5.74, 6) is 1.51. The zero-order valence-corrected chi connectivity index (χ0v) is 15.9. The van der Waals surface area contributed by atoms with Gasteiger partial charge in [0.15, 0.2) is 5.76 Å². The second-order valence-corrected chi connectivity index (χ2v) is 7.08. The molecule has 28 heavy (non-hydrogen) atoms. The molecule has 0 bridgehead atoms. The van der Waals surface area contributed by atoms with E-state index in [1.165, 1.54) is 0 Å². The molecule has 3 aromatic rings. The molecule has 0 spiro atoms. The van der Waals surface area contributed by atoms with Crippen molar-refractivity contribution in [3.05, 3.63) is 53.8 Å². The number of nitrogens with one attached hydrogen (secondary N) is 1. The zero-order valence-electron chi connectivity index (χ0n) is 15.9. The van der Waals surface area contributed by atoms with Gasteiger partial charge in [-0.3, -0.25) is 9.59 Å². The molecule has 1 aliphatic heterocycles. The largest absolute Gasteiger partial charge is 0.460 e. The predicted molar refractivity (Wildman–Crippen MR) is 107 cm³/mol. The Kier molecular flexibility index (Phi) is 5.10. The minimum Gasteiger partial charge on any atom is -0.460 e. The fourth-order valence-corrected chi connectivity index (χ4v) is 3.57. The van der Waals surface area contributed by atoms with Crippen LogP contribution in [0.4, 0.5) is 0 Å². The Morgan fingerprint density at radius 2 is 2.11 bits per heavy atom. The summed E-state index contributed by atoms with van der Waals surface area (Å²) in [6.45, 7) is 3.92. The van der Waals surface area contributed by atoms with E-state index in [9.17, 15) is 9.59 Å². The minimum absolute atomic E-state index is 0.143. The molecule has 3 heterocycles. The number of fused-ring (bicyclic) bond motifs is 1. The number of hydrogen-bond acceptors (Lipinski definition) is 4. The van der Waals surface area contributed by atoms with Crippen molar-refractivity contribution in [2.75, 3.05) is 19.6 Å². The second-order valence-electron chi connectivity index (χ2n) is 7.08. The highest BCUT2D eigenvalue weighted by Crippen LogP contribution is 2.26. The summed E-state index contributed by atoms with van der Waals surface area (Å²) in [5, 5.41) is 3.79. The number of benzene rings is 1. The van der Waals surface area contributed by atoms with E-state index in [0.29, 0.717) is 36.5 Å². The van der Waals surface area contributed by atoms with Crippen LogP contribution in [0.3, 0.4) is 0 Å². The molecule has 1 aromatic carbocycles. The maximum Gasteiger partial charge on any atom is 0.252 e. The van der Waals surface area contributed by atoms with E-state index in [1.807, 2.05) is 48.2 Å². The molecule has 1 aliphatic rings. The minimum atomic E-state index is -0.143. The number of aromatic nitrogens is 1. The van der Waals surface area contributed by atoms with Crippen molar-refractivity contribution in [1.82, 2.24) is 15.2 Å². The average Bonchev–Trinajstić information content (AvgIpc) is 3.32. The van der Waals surface area contributed by atoms with Gasteiger partial charge in [-0.1, -0.05) is 18.2 Å². The summed E-state index contributed by atoms with van der Waals surface area (Å²) in [6.07, 6.45) is 2.32. The number of nitrogens with zero attached hydrogens (tertiary/aromatic N) is 2. The molecular weight excluding hydrogens is 354 g/mol. The predicted octanol–water partition coefficient (Wildman–Crippen LogP) is 3.55. The Morgan fingerprint density at radius 1 is 1.25 bits per heavy atom. The van der Waals surface area contributed by atoms with Crippen molar-refractivity contribution in [1.29, 1.82) is 0 Å². The Morgan fingerprint density at radius 3 is 2.86 bits per heavy atom. The standard InChI is InChI=1S/C22H23N3O3/c1-15-9-10-20(28-15)19-14-17(16-6-2-3-7-18(16)24-19)22(27)23-11-5-13-25-12-4-8-21(25)26/h2-3,6-7,9-10,14H,4-5,8,11-13H2,1H3,(H,23,27). The van der Waals surface area contributed by atoms with Crippen molar-refractivity contribution >= 4 is 22.7 Å². The van der Waals surface area contributed by atoms with Gasteiger partial charge in [0.25, 0.3) is 5.91 Å². The number of aryl methyl sites for hydroxylation is 1. The molecule has 0 unspecified atom stereocenters. The summed E-state index contributed by atoms with van der Waals surface area (Å²) in [5.41, 5.74) is 1.97. The molecule has 0 saturated carbocycles. The molecule has 6 heteroatoms. The monoisotopic (exact) mass is 377 g/mol. The number of amides is 2. The number of furan rings is 1. The third-order valence-corrected chi connectivity index (χ3v) is 5.02. The molecule has 0 aliphatic carbocycles. The van der Waals surface area contributed by atoms with E-state index in [-0.39, 0.29) is 11.8 Å². The lowest BCUT2D eigenvalue weighted by Crippen LogP contribution is -2.30. The van der Waals surface area contributed by atoms with Crippen LogP contribution in [0.1, 0.15) is 35.4 Å². The SMILES string of the molecule is Cc1ccc(-c2cc(C(=O)NCCCN3CCCC3=O)c3ccccc3n2)o1. The Bertz CT molecular complexity index is 1020. The first kappa shape index (κ1) is 18.2. The van der Waals surface area contributed by atoms with E-state index < -0.39 is 0 Å². The van der Waals surface area contributed by atoms with Gasteiger partial charge < -0.3 is 14.6 Å². The molecule has 1 N–H and O–H groups in total. The number of pyridine rings is 1. The van der Waals surface area contributed by atoms with Crippen molar-refractivity contribution in [2.45, 2.75) is 26.2 Å². The average molecular weight is 377 g/mol. The van der Waals surface area contributed by atoms with Gasteiger partial charge in [0.05, 0.1) is 11.1 Å². The molecular formula is C22H23N3O3. The summed E-state index contributed by atoms with van der Waals surface area (Å²) >= 11 is 0. The lowest BCUT2D eigenvalue weighted by atomic mass is 10.1. The maximum absolute atomic E-state index is 12.9. The Balaban J connectivity index is 1.51. The smallest absolute Gasteiger partial charge is 0.252 e. The fraction of sp³-hybridized carbons (Fsp3) is 0.318. The van der Waals surface area contributed by atoms with Gasteiger partial charge in [0.2, 0.25) is 5.91 Å². The normalized spacial score (nSPS) is 14.0. The highest BCUT2D eigenvalue weighted by molar-refractivity contribution is 6.07. The number of carbonyl (C=O) groups excluding carboxylic acids is 2.